The van der Waals surface area contributed by atoms with Gasteiger partial charge in [0.05, 0.1) is 23.0 Å². The van der Waals surface area contributed by atoms with Crippen LogP contribution in [0, 0.1) is 0 Å². The number of hydrogen-bond acceptors (Lipinski definition) is 3. The van der Waals surface area contributed by atoms with E-state index in [1.807, 2.05) is 47.0 Å². The number of rotatable bonds is 6. The van der Waals surface area contributed by atoms with Crippen molar-refractivity contribution in [3.05, 3.63) is 53.3 Å². The molecule has 5 heteroatoms. The van der Waals surface area contributed by atoms with E-state index >= 15 is 0 Å². The summed E-state index contributed by atoms with van der Waals surface area (Å²) in [5.74, 6) is 0.878. The smallest absolute Gasteiger partial charge is 0.137 e. The van der Waals surface area contributed by atoms with Gasteiger partial charge < -0.3 is 14.9 Å². The molecule has 0 amide bonds. The molecule has 3 aromatic rings. The molecular formula is C18H20ClN3O. The molecule has 0 bridgehead atoms. The van der Waals surface area contributed by atoms with Crippen molar-refractivity contribution >= 4 is 17.2 Å². The van der Waals surface area contributed by atoms with Crippen LogP contribution in [0.2, 0.25) is 5.02 Å². The minimum atomic E-state index is 0.561. The molecule has 2 heterocycles. The zero-order chi connectivity index (χ0) is 16.2. The summed E-state index contributed by atoms with van der Waals surface area (Å²) >= 11 is 6.12. The predicted octanol–water partition coefficient (Wildman–Crippen LogP) is 3.94. The summed E-state index contributed by atoms with van der Waals surface area (Å²) in [7, 11) is 0. The molecule has 0 atom stereocenters. The minimum absolute atomic E-state index is 0.561. The van der Waals surface area contributed by atoms with Gasteiger partial charge in [0, 0.05) is 18.2 Å². The van der Waals surface area contributed by atoms with Crippen LogP contribution >= 0.6 is 11.6 Å². The molecule has 23 heavy (non-hydrogen) atoms. The number of ether oxygens (including phenoxy) is 1. The summed E-state index contributed by atoms with van der Waals surface area (Å²) in [5.41, 5.74) is 9.73. The molecule has 0 aliphatic carbocycles. The lowest BCUT2D eigenvalue weighted by Gasteiger charge is -2.07. The van der Waals surface area contributed by atoms with Gasteiger partial charge >= 0.3 is 0 Å². The summed E-state index contributed by atoms with van der Waals surface area (Å²) in [5, 5.41) is 0.683. The Morgan fingerprint density at radius 3 is 2.65 bits per heavy atom. The van der Waals surface area contributed by atoms with Crippen LogP contribution in [0.1, 0.15) is 19.0 Å². The van der Waals surface area contributed by atoms with E-state index in [1.165, 1.54) is 0 Å². The molecular weight excluding hydrogens is 310 g/mol. The maximum absolute atomic E-state index is 6.12. The predicted molar refractivity (Wildman–Crippen MR) is 94.2 cm³/mol. The van der Waals surface area contributed by atoms with Gasteiger partial charge in [-0.3, -0.25) is 0 Å². The fourth-order valence-corrected chi connectivity index (χ4v) is 2.76. The third-order valence-corrected chi connectivity index (χ3v) is 3.89. The number of nitrogens with zero attached hydrogens (tertiary/aromatic N) is 2. The topological polar surface area (TPSA) is 52.5 Å². The highest BCUT2D eigenvalue weighted by Gasteiger charge is 2.13. The van der Waals surface area contributed by atoms with Crippen molar-refractivity contribution in [2.24, 2.45) is 5.73 Å². The fraction of sp³-hybridized carbons (Fsp3) is 0.278. The van der Waals surface area contributed by atoms with E-state index in [9.17, 15) is 0 Å². The normalized spacial score (nSPS) is 11.1. The molecule has 0 aliphatic heterocycles. The Balaban J connectivity index is 2.02. The molecule has 0 unspecified atom stereocenters. The average Bonchev–Trinajstić information content (AvgIpc) is 2.92. The van der Waals surface area contributed by atoms with Crippen LogP contribution < -0.4 is 10.5 Å². The standard InChI is InChI=1S/C18H20ClN3O/c1-2-11-23-15-6-3-13(4-7-15)18-16(9-10-20)22-12-14(19)5-8-17(22)21-18/h3-8,12H,2,9-11,20H2,1H3. The first-order valence-electron chi connectivity index (χ1n) is 7.82. The van der Waals surface area contributed by atoms with Gasteiger partial charge in [-0.15, -0.1) is 0 Å². The number of nitrogens with two attached hydrogens (primary N) is 1. The number of halogens is 1. The highest BCUT2D eigenvalue weighted by Crippen LogP contribution is 2.27. The summed E-state index contributed by atoms with van der Waals surface area (Å²) in [6.45, 7) is 3.38. The third kappa shape index (κ3) is 3.33. The van der Waals surface area contributed by atoms with Gasteiger partial charge in [-0.1, -0.05) is 18.5 Å². The van der Waals surface area contributed by atoms with Crippen LogP contribution in [0.4, 0.5) is 0 Å². The van der Waals surface area contributed by atoms with Gasteiger partial charge in [0.15, 0.2) is 0 Å². The molecule has 120 valence electrons. The maximum atomic E-state index is 6.12. The number of fused-ring (bicyclic) bond motifs is 1. The molecule has 2 aromatic heterocycles. The summed E-state index contributed by atoms with van der Waals surface area (Å²) in [6, 6.07) is 11.8. The lowest BCUT2D eigenvalue weighted by atomic mass is 10.1. The van der Waals surface area contributed by atoms with E-state index in [4.69, 9.17) is 27.1 Å². The van der Waals surface area contributed by atoms with Gasteiger partial charge in [0.1, 0.15) is 11.4 Å². The second kappa shape index (κ2) is 7.02. The first-order chi connectivity index (χ1) is 11.2. The molecule has 2 N–H and O–H groups in total. The van der Waals surface area contributed by atoms with Crippen LogP contribution in [0.3, 0.4) is 0 Å². The van der Waals surface area contributed by atoms with Gasteiger partial charge in [0.25, 0.3) is 0 Å². The van der Waals surface area contributed by atoms with Gasteiger partial charge in [-0.25, -0.2) is 4.98 Å². The molecule has 0 aliphatic rings. The maximum Gasteiger partial charge on any atom is 0.137 e. The third-order valence-electron chi connectivity index (χ3n) is 3.66. The van der Waals surface area contributed by atoms with Gasteiger partial charge in [0.2, 0.25) is 0 Å². The lowest BCUT2D eigenvalue weighted by molar-refractivity contribution is 0.317. The SMILES string of the molecule is CCCOc1ccc(-c2nc3ccc(Cl)cn3c2CCN)cc1. The Labute approximate surface area is 140 Å². The quantitative estimate of drug-likeness (QED) is 0.745. The van der Waals surface area contributed by atoms with Crippen molar-refractivity contribution in [2.75, 3.05) is 13.2 Å². The second-order valence-corrected chi connectivity index (χ2v) is 5.83. The Morgan fingerprint density at radius 1 is 1.17 bits per heavy atom. The molecule has 0 spiro atoms. The highest BCUT2D eigenvalue weighted by atomic mass is 35.5. The molecule has 4 nitrogen and oxygen atoms in total. The first kappa shape index (κ1) is 15.8. The monoisotopic (exact) mass is 329 g/mol. The number of pyridine rings is 1. The Hall–Kier alpha value is -2.04. The Morgan fingerprint density at radius 2 is 1.96 bits per heavy atom. The number of hydrogen-bond donors (Lipinski definition) is 1. The highest BCUT2D eigenvalue weighted by molar-refractivity contribution is 6.30. The second-order valence-electron chi connectivity index (χ2n) is 5.39. The van der Waals surface area contributed by atoms with Crippen molar-refractivity contribution in [1.29, 1.82) is 0 Å². The summed E-state index contributed by atoms with van der Waals surface area (Å²) in [4.78, 5) is 4.74. The summed E-state index contributed by atoms with van der Waals surface area (Å²) in [6.07, 6.45) is 3.62. The molecule has 0 fully saturated rings. The number of benzene rings is 1. The van der Waals surface area contributed by atoms with E-state index < -0.39 is 0 Å². The van der Waals surface area contributed by atoms with Gasteiger partial charge in [-0.2, -0.15) is 0 Å². The van der Waals surface area contributed by atoms with E-state index in [2.05, 4.69) is 6.92 Å². The molecule has 0 saturated carbocycles. The van der Waals surface area contributed by atoms with Crippen molar-refractivity contribution < 1.29 is 4.74 Å². The van der Waals surface area contributed by atoms with Gasteiger partial charge in [-0.05, 0) is 49.4 Å². The van der Waals surface area contributed by atoms with Crippen LogP contribution in [-0.2, 0) is 6.42 Å². The zero-order valence-electron chi connectivity index (χ0n) is 13.1. The average molecular weight is 330 g/mol. The largest absolute Gasteiger partial charge is 0.494 e. The summed E-state index contributed by atoms with van der Waals surface area (Å²) < 4.78 is 7.66. The number of imidazole rings is 1. The Kier molecular flexibility index (Phi) is 4.84. The molecule has 0 saturated heterocycles. The van der Waals surface area contributed by atoms with Crippen LogP contribution in [0.5, 0.6) is 5.75 Å². The van der Waals surface area contributed by atoms with E-state index in [0.29, 0.717) is 11.6 Å². The zero-order valence-corrected chi connectivity index (χ0v) is 13.9. The Bertz CT molecular complexity index is 796. The van der Waals surface area contributed by atoms with E-state index in [-0.39, 0.29) is 0 Å². The molecule has 0 radical (unpaired) electrons. The fourth-order valence-electron chi connectivity index (χ4n) is 2.60. The van der Waals surface area contributed by atoms with Crippen molar-refractivity contribution in [1.82, 2.24) is 9.38 Å². The lowest BCUT2D eigenvalue weighted by Crippen LogP contribution is -2.06. The van der Waals surface area contributed by atoms with Crippen LogP contribution in [0.15, 0.2) is 42.6 Å². The van der Waals surface area contributed by atoms with Crippen molar-refractivity contribution in [3.8, 4) is 17.0 Å². The number of aromatic nitrogens is 2. The van der Waals surface area contributed by atoms with E-state index in [1.54, 1.807) is 0 Å². The molecule has 1 aromatic carbocycles. The van der Waals surface area contributed by atoms with Crippen LogP contribution in [0.25, 0.3) is 16.9 Å². The van der Waals surface area contributed by atoms with Crippen molar-refractivity contribution in [2.45, 2.75) is 19.8 Å². The first-order valence-corrected chi connectivity index (χ1v) is 8.20. The molecule has 3 rings (SSSR count). The minimum Gasteiger partial charge on any atom is -0.494 e. The van der Waals surface area contributed by atoms with Crippen molar-refractivity contribution in [3.63, 3.8) is 0 Å². The van der Waals surface area contributed by atoms with Crippen LogP contribution in [-0.4, -0.2) is 22.5 Å². The van der Waals surface area contributed by atoms with E-state index in [0.717, 1.165) is 47.8 Å².